The van der Waals surface area contributed by atoms with E-state index in [2.05, 4.69) is 10.2 Å². The van der Waals surface area contributed by atoms with E-state index in [0.717, 1.165) is 16.9 Å². The Kier molecular flexibility index (Phi) is 2.56. The van der Waals surface area contributed by atoms with Gasteiger partial charge in [0.25, 0.3) is 0 Å². The standard InChI is InChI=1S/C13H13ClN2O/c1-17-12-5-4-9(14)6-10(12)11-7-15-16-13(11)8-2-3-8/h4-8H,2-3H2,1H3,(H,15,16). The number of benzene rings is 1. The van der Waals surface area contributed by atoms with Crippen LogP contribution in [0.15, 0.2) is 24.4 Å². The van der Waals surface area contributed by atoms with Crippen molar-refractivity contribution in [3.8, 4) is 16.9 Å². The Morgan fingerprint density at radius 1 is 1.35 bits per heavy atom. The lowest BCUT2D eigenvalue weighted by molar-refractivity contribution is 0.416. The number of aromatic nitrogens is 2. The Morgan fingerprint density at radius 3 is 2.88 bits per heavy atom. The van der Waals surface area contributed by atoms with Gasteiger partial charge >= 0.3 is 0 Å². The minimum atomic E-state index is 0.621. The molecule has 0 saturated heterocycles. The van der Waals surface area contributed by atoms with Crippen molar-refractivity contribution in [1.29, 1.82) is 0 Å². The monoisotopic (exact) mass is 248 g/mol. The molecule has 4 heteroatoms. The van der Waals surface area contributed by atoms with Crippen LogP contribution in [0, 0.1) is 0 Å². The van der Waals surface area contributed by atoms with Gasteiger partial charge in [0.2, 0.25) is 0 Å². The van der Waals surface area contributed by atoms with E-state index in [1.165, 1.54) is 18.5 Å². The van der Waals surface area contributed by atoms with Gasteiger partial charge in [-0.05, 0) is 31.0 Å². The van der Waals surface area contributed by atoms with E-state index in [-0.39, 0.29) is 0 Å². The summed E-state index contributed by atoms with van der Waals surface area (Å²) in [5.74, 6) is 1.45. The molecule has 1 aliphatic rings. The largest absolute Gasteiger partial charge is 0.496 e. The maximum Gasteiger partial charge on any atom is 0.126 e. The van der Waals surface area contributed by atoms with E-state index in [1.54, 1.807) is 7.11 Å². The maximum absolute atomic E-state index is 6.05. The molecule has 0 amide bonds. The van der Waals surface area contributed by atoms with Crippen molar-refractivity contribution in [2.24, 2.45) is 0 Å². The number of halogens is 1. The van der Waals surface area contributed by atoms with Gasteiger partial charge in [0.05, 0.1) is 13.3 Å². The van der Waals surface area contributed by atoms with E-state index in [0.29, 0.717) is 10.9 Å². The fourth-order valence-corrected chi connectivity index (χ4v) is 2.26. The summed E-state index contributed by atoms with van der Waals surface area (Å²) in [6.07, 6.45) is 4.32. The van der Waals surface area contributed by atoms with Gasteiger partial charge in [-0.2, -0.15) is 5.10 Å². The van der Waals surface area contributed by atoms with Crippen LogP contribution in [-0.4, -0.2) is 17.3 Å². The van der Waals surface area contributed by atoms with Gasteiger partial charge < -0.3 is 4.74 Å². The summed E-state index contributed by atoms with van der Waals surface area (Å²) in [6.45, 7) is 0. The van der Waals surface area contributed by atoms with Gasteiger partial charge in [-0.15, -0.1) is 0 Å². The van der Waals surface area contributed by atoms with Crippen molar-refractivity contribution >= 4 is 11.6 Å². The molecule has 0 atom stereocenters. The third-order valence-corrected chi connectivity index (χ3v) is 3.34. The number of methoxy groups -OCH3 is 1. The summed E-state index contributed by atoms with van der Waals surface area (Å²) in [6, 6.07) is 5.65. The van der Waals surface area contributed by atoms with Gasteiger partial charge in [0, 0.05) is 27.8 Å². The van der Waals surface area contributed by atoms with E-state index in [4.69, 9.17) is 16.3 Å². The molecule has 0 bridgehead atoms. The molecule has 0 aliphatic heterocycles. The highest BCUT2D eigenvalue weighted by atomic mass is 35.5. The first kappa shape index (κ1) is 10.7. The number of hydrogen-bond acceptors (Lipinski definition) is 2. The number of hydrogen-bond donors (Lipinski definition) is 1. The summed E-state index contributed by atoms with van der Waals surface area (Å²) in [4.78, 5) is 0. The van der Waals surface area contributed by atoms with Crippen LogP contribution < -0.4 is 4.74 Å². The Hall–Kier alpha value is -1.48. The Morgan fingerprint density at radius 2 is 2.18 bits per heavy atom. The average molecular weight is 249 g/mol. The molecule has 1 fully saturated rings. The molecule has 88 valence electrons. The highest BCUT2D eigenvalue weighted by Gasteiger charge is 2.28. The lowest BCUT2D eigenvalue weighted by Gasteiger charge is -2.09. The Bertz CT molecular complexity index is 546. The van der Waals surface area contributed by atoms with Crippen molar-refractivity contribution in [2.45, 2.75) is 18.8 Å². The molecule has 3 nitrogen and oxygen atoms in total. The first-order valence-electron chi connectivity index (χ1n) is 5.67. The van der Waals surface area contributed by atoms with Crippen LogP contribution in [-0.2, 0) is 0 Å². The average Bonchev–Trinajstić information content (AvgIpc) is 3.07. The van der Waals surface area contributed by atoms with Gasteiger partial charge in [-0.1, -0.05) is 11.6 Å². The Balaban J connectivity index is 2.13. The van der Waals surface area contributed by atoms with E-state index >= 15 is 0 Å². The third-order valence-electron chi connectivity index (χ3n) is 3.11. The molecule has 1 aromatic heterocycles. The third kappa shape index (κ3) is 1.91. The molecule has 2 aromatic rings. The second-order valence-electron chi connectivity index (χ2n) is 4.32. The number of ether oxygens (including phenoxy) is 1. The zero-order valence-electron chi connectivity index (χ0n) is 9.53. The molecular weight excluding hydrogens is 236 g/mol. The zero-order valence-corrected chi connectivity index (χ0v) is 10.3. The summed E-state index contributed by atoms with van der Waals surface area (Å²) in [5.41, 5.74) is 3.31. The van der Waals surface area contributed by atoms with Crippen molar-refractivity contribution in [3.63, 3.8) is 0 Å². The normalized spacial score (nSPS) is 14.9. The van der Waals surface area contributed by atoms with E-state index in [9.17, 15) is 0 Å². The van der Waals surface area contributed by atoms with Crippen LogP contribution in [0.2, 0.25) is 5.02 Å². The smallest absolute Gasteiger partial charge is 0.126 e. The van der Waals surface area contributed by atoms with Gasteiger partial charge in [-0.3, -0.25) is 5.10 Å². The van der Waals surface area contributed by atoms with Crippen LogP contribution in [0.3, 0.4) is 0 Å². The minimum absolute atomic E-state index is 0.621. The molecule has 17 heavy (non-hydrogen) atoms. The zero-order chi connectivity index (χ0) is 11.8. The minimum Gasteiger partial charge on any atom is -0.496 e. The molecule has 0 unspecified atom stereocenters. The Labute approximate surface area is 105 Å². The fraction of sp³-hybridized carbons (Fsp3) is 0.308. The molecule has 1 heterocycles. The molecule has 1 saturated carbocycles. The quantitative estimate of drug-likeness (QED) is 0.901. The van der Waals surface area contributed by atoms with Crippen molar-refractivity contribution in [1.82, 2.24) is 10.2 Å². The van der Waals surface area contributed by atoms with Crippen LogP contribution in [0.1, 0.15) is 24.5 Å². The second kappa shape index (κ2) is 4.08. The number of nitrogens with zero attached hydrogens (tertiary/aromatic N) is 1. The van der Waals surface area contributed by atoms with Crippen molar-refractivity contribution < 1.29 is 4.74 Å². The van der Waals surface area contributed by atoms with Crippen LogP contribution in [0.4, 0.5) is 0 Å². The van der Waals surface area contributed by atoms with Crippen LogP contribution in [0.25, 0.3) is 11.1 Å². The highest BCUT2D eigenvalue weighted by molar-refractivity contribution is 6.31. The lowest BCUT2D eigenvalue weighted by atomic mass is 10.0. The number of nitrogens with one attached hydrogen (secondary N) is 1. The molecule has 0 spiro atoms. The number of aromatic amines is 1. The lowest BCUT2D eigenvalue weighted by Crippen LogP contribution is -1.90. The first-order chi connectivity index (χ1) is 8.29. The van der Waals surface area contributed by atoms with Gasteiger partial charge in [-0.25, -0.2) is 0 Å². The predicted molar refractivity (Wildman–Crippen MR) is 67.6 cm³/mol. The molecule has 1 N–H and O–H groups in total. The number of H-pyrrole nitrogens is 1. The number of rotatable bonds is 3. The summed E-state index contributed by atoms with van der Waals surface area (Å²) in [5, 5.41) is 7.94. The highest BCUT2D eigenvalue weighted by Crippen LogP contribution is 2.45. The first-order valence-corrected chi connectivity index (χ1v) is 6.04. The van der Waals surface area contributed by atoms with Gasteiger partial charge in [0.15, 0.2) is 0 Å². The van der Waals surface area contributed by atoms with Crippen molar-refractivity contribution in [2.75, 3.05) is 7.11 Å². The predicted octanol–water partition coefficient (Wildman–Crippen LogP) is 3.62. The summed E-state index contributed by atoms with van der Waals surface area (Å²) >= 11 is 6.05. The molecule has 1 aliphatic carbocycles. The van der Waals surface area contributed by atoms with E-state index in [1.807, 2.05) is 24.4 Å². The summed E-state index contributed by atoms with van der Waals surface area (Å²) < 4.78 is 5.38. The van der Waals surface area contributed by atoms with E-state index < -0.39 is 0 Å². The SMILES string of the molecule is COc1ccc(Cl)cc1-c1cn[nH]c1C1CC1. The van der Waals surface area contributed by atoms with Gasteiger partial charge in [0.1, 0.15) is 5.75 Å². The topological polar surface area (TPSA) is 37.9 Å². The maximum atomic E-state index is 6.05. The molecule has 0 radical (unpaired) electrons. The van der Waals surface area contributed by atoms with Crippen LogP contribution >= 0.6 is 11.6 Å². The molecule has 3 rings (SSSR count). The van der Waals surface area contributed by atoms with Crippen molar-refractivity contribution in [3.05, 3.63) is 35.1 Å². The summed E-state index contributed by atoms with van der Waals surface area (Å²) in [7, 11) is 1.67. The molecular formula is C13H13ClN2O. The van der Waals surface area contributed by atoms with Crippen LogP contribution in [0.5, 0.6) is 5.75 Å². The molecule has 1 aromatic carbocycles. The second-order valence-corrected chi connectivity index (χ2v) is 4.75. The fourth-order valence-electron chi connectivity index (χ4n) is 2.08.